The Kier molecular flexibility index (Phi) is 19.7. The predicted octanol–water partition coefficient (Wildman–Crippen LogP) is 8.10. The number of hydrazine groups is 2. The number of benzene rings is 2. The summed E-state index contributed by atoms with van der Waals surface area (Å²) in [5.41, 5.74) is 9.85. The van der Waals surface area contributed by atoms with Gasteiger partial charge in [0.15, 0.2) is 0 Å². The average Bonchev–Trinajstić information content (AvgIpc) is 3.10. The highest BCUT2D eigenvalue weighted by molar-refractivity contribution is 6.07. The minimum atomic E-state index is -1.60. The van der Waals surface area contributed by atoms with E-state index in [-0.39, 0.29) is 35.5 Å². The van der Waals surface area contributed by atoms with Gasteiger partial charge in [-0.25, -0.2) is 0 Å². The molecule has 0 aromatic heterocycles. The van der Waals surface area contributed by atoms with Crippen LogP contribution in [0.2, 0.25) is 0 Å². The summed E-state index contributed by atoms with van der Waals surface area (Å²) in [4.78, 5) is 53.6. The van der Waals surface area contributed by atoms with Crippen LogP contribution in [0.25, 0.3) is 0 Å². The van der Waals surface area contributed by atoms with Crippen molar-refractivity contribution in [3.05, 3.63) is 58.7 Å². The first-order chi connectivity index (χ1) is 24.1. The number of hydrogen-bond donors (Lipinski definition) is 6. The quantitative estimate of drug-likeness (QED) is 0.0392. The number of amides is 4. The minimum Gasteiger partial charge on any atom is -0.507 e. The molecule has 0 atom stereocenters. The summed E-state index contributed by atoms with van der Waals surface area (Å²) in [7, 11) is 0. The zero-order chi connectivity index (χ0) is 36.8. The molecule has 0 aliphatic carbocycles. The maximum absolute atomic E-state index is 13.8. The van der Waals surface area contributed by atoms with Gasteiger partial charge in [0.25, 0.3) is 23.6 Å². The summed E-state index contributed by atoms with van der Waals surface area (Å²) in [5, 5.41) is 21.2. The fourth-order valence-electron chi connectivity index (χ4n) is 6.28. The molecule has 0 aliphatic rings. The molecule has 0 saturated carbocycles. The Morgan fingerprint density at radius 3 is 1.28 bits per heavy atom. The molecule has 0 spiro atoms. The number of aryl methyl sites for hydroxylation is 2. The van der Waals surface area contributed by atoms with Crippen molar-refractivity contribution in [1.29, 1.82) is 0 Å². The van der Waals surface area contributed by atoms with E-state index in [2.05, 4.69) is 42.5 Å². The largest absolute Gasteiger partial charge is 0.507 e. The van der Waals surface area contributed by atoms with Crippen molar-refractivity contribution in [2.75, 3.05) is 0 Å². The second-order valence-corrected chi connectivity index (χ2v) is 13.5. The standard InChI is InChI=1S/C40H62N4O6/c1-5-9-12-15-17-20-30-22-24-32(34(45)28-30)36(47)41-43-38(49)40(26-8-4,27-19-14-11-7-3)39(50)44-42-37(48)33-25-23-31(29-35(33)46)21-18-16-13-10-6-2/h22-25,28-29,45-46H,5-21,26-27H2,1-4H3,(H,41,47)(H,42,48)(H,43,49)(H,44,50). The van der Waals surface area contributed by atoms with Crippen molar-refractivity contribution in [3.8, 4) is 11.5 Å². The lowest BCUT2D eigenvalue weighted by molar-refractivity contribution is -0.146. The Hall–Kier alpha value is -4.08. The molecule has 2 rings (SSSR count). The Morgan fingerprint density at radius 2 is 0.900 bits per heavy atom. The molecule has 0 fully saturated rings. The maximum atomic E-state index is 13.8. The molecule has 50 heavy (non-hydrogen) atoms. The van der Waals surface area contributed by atoms with Gasteiger partial charge in [0.05, 0.1) is 11.1 Å². The third kappa shape index (κ3) is 13.7. The molecular formula is C40H62N4O6. The van der Waals surface area contributed by atoms with Gasteiger partial charge in [-0.1, -0.05) is 123 Å². The third-order valence-corrected chi connectivity index (χ3v) is 9.33. The zero-order valence-electron chi connectivity index (χ0n) is 30.9. The van der Waals surface area contributed by atoms with Gasteiger partial charge in [0.2, 0.25) is 0 Å². The van der Waals surface area contributed by atoms with Crippen LogP contribution in [0.3, 0.4) is 0 Å². The number of rotatable bonds is 23. The lowest BCUT2D eigenvalue weighted by atomic mass is 9.77. The SMILES string of the molecule is CCCCCCCc1ccc(C(=O)NNC(=O)C(CCC)(CCCCCC)C(=O)NNC(=O)c2ccc(CCCCCCC)cc2O)c(O)c1. The van der Waals surface area contributed by atoms with Gasteiger partial charge in [-0.05, 0) is 73.9 Å². The summed E-state index contributed by atoms with van der Waals surface area (Å²) in [5.74, 6) is -3.24. The highest BCUT2D eigenvalue weighted by atomic mass is 16.3. The summed E-state index contributed by atoms with van der Waals surface area (Å²) < 4.78 is 0. The van der Waals surface area contributed by atoms with Crippen molar-refractivity contribution in [1.82, 2.24) is 21.7 Å². The first-order valence-corrected chi connectivity index (χ1v) is 19.0. The van der Waals surface area contributed by atoms with E-state index in [4.69, 9.17) is 0 Å². The number of carbonyl (C=O) groups excluding carboxylic acids is 4. The summed E-state index contributed by atoms with van der Waals surface area (Å²) in [6.07, 6.45) is 17.0. The van der Waals surface area contributed by atoms with Crippen LogP contribution < -0.4 is 21.7 Å². The van der Waals surface area contributed by atoms with E-state index in [0.29, 0.717) is 12.8 Å². The normalized spacial score (nSPS) is 11.2. The Balaban J connectivity index is 2.11. The van der Waals surface area contributed by atoms with Crippen LogP contribution in [0.15, 0.2) is 36.4 Å². The van der Waals surface area contributed by atoms with Gasteiger partial charge in [-0.15, -0.1) is 0 Å². The smallest absolute Gasteiger partial charge is 0.273 e. The van der Waals surface area contributed by atoms with Gasteiger partial charge in [-0.3, -0.25) is 40.9 Å². The van der Waals surface area contributed by atoms with E-state index in [1.165, 1.54) is 50.7 Å². The lowest BCUT2D eigenvalue weighted by Gasteiger charge is -2.31. The molecule has 0 radical (unpaired) electrons. The molecule has 2 aromatic rings. The molecule has 6 N–H and O–H groups in total. The molecule has 10 heteroatoms. The Labute approximate surface area is 299 Å². The monoisotopic (exact) mass is 694 g/mol. The number of nitrogens with one attached hydrogen (secondary N) is 4. The van der Waals surface area contributed by atoms with Gasteiger partial charge in [0.1, 0.15) is 16.9 Å². The topological polar surface area (TPSA) is 157 Å². The van der Waals surface area contributed by atoms with Crippen molar-refractivity contribution in [2.24, 2.45) is 5.41 Å². The number of phenolic OH excluding ortho intramolecular Hbond substituents is 2. The molecule has 0 aliphatic heterocycles. The number of phenols is 2. The molecule has 0 heterocycles. The van der Waals surface area contributed by atoms with Crippen LogP contribution in [-0.2, 0) is 22.4 Å². The van der Waals surface area contributed by atoms with Gasteiger partial charge >= 0.3 is 0 Å². The van der Waals surface area contributed by atoms with Crippen LogP contribution in [0.5, 0.6) is 11.5 Å². The molecule has 0 saturated heterocycles. The van der Waals surface area contributed by atoms with E-state index in [9.17, 15) is 29.4 Å². The van der Waals surface area contributed by atoms with Crippen LogP contribution in [0.1, 0.15) is 169 Å². The average molecular weight is 695 g/mol. The van der Waals surface area contributed by atoms with Crippen LogP contribution in [0.4, 0.5) is 0 Å². The highest BCUT2D eigenvalue weighted by Gasteiger charge is 2.45. The molecular weight excluding hydrogens is 632 g/mol. The molecule has 4 amide bonds. The first kappa shape index (κ1) is 42.1. The fraction of sp³-hybridized carbons (Fsp3) is 0.600. The van der Waals surface area contributed by atoms with Gasteiger partial charge < -0.3 is 10.2 Å². The van der Waals surface area contributed by atoms with E-state index < -0.39 is 29.0 Å². The number of carbonyl (C=O) groups is 4. The third-order valence-electron chi connectivity index (χ3n) is 9.33. The van der Waals surface area contributed by atoms with E-state index in [0.717, 1.165) is 68.9 Å². The van der Waals surface area contributed by atoms with Gasteiger partial charge in [-0.2, -0.15) is 0 Å². The summed E-state index contributed by atoms with van der Waals surface area (Å²) in [6.45, 7) is 8.25. The second kappa shape index (κ2) is 23.3. The van der Waals surface area contributed by atoms with Crippen LogP contribution in [0, 0.1) is 5.41 Å². The lowest BCUT2D eigenvalue weighted by Crippen LogP contribution is -2.58. The zero-order valence-corrected chi connectivity index (χ0v) is 30.9. The van der Waals surface area contributed by atoms with E-state index >= 15 is 0 Å². The number of aromatic hydroxyl groups is 2. The highest BCUT2D eigenvalue weighted by Crippen LogP contribution is 2.32. The Bertz CT molecular complexity index is 1270. The first-order valence-electron chi connectivity index (χ1n) is 19.0. The number of unbranched alkanes of at least 4 members (excludes halogenated alkanes) is 11. The maximum Gasteiger partial charge on any atom is 0.273 e. The van der Waals surface area contributed by atoms with E-state index in [1.54, 1.807) is 24.3 Å². The molecule has 0 unspecified atom stereocenters. The molecule has 278 valence electrons. The van der Waals surface area contributed by atoms with Crippen molar-refractivity contribution < 1.29 is 29.4 Å². The second-order valence-electron chi connectivity index (χ2n) is 13.5. The predicted molar refractivity (Wildman–Crippen MR) is 198 cm³/mol. The van der Waals surface area contributed by atoms with Crippen molar-refractivity contribution >= 4 is 23.6 Å². The molecule has 2 aromatic carbocycles. The summed E-state index contributed by atoms with van der Waals surface area (Å²) >= 11 is 0. The fourth-order valence-corrected chi connectivity index (χ4v) is 6.28. The molecule has 0 bridgehead atoms. The molecule has 10 nitrogen and oxygen atoms in total. The van der Waals surface area contributed by atoms with Crippen molar-refractivity contribution in [3.63, 3.8) is 0 Å². The minimum absolute atomic E-state index is 0.00287. The van der Waals surface area contributed by atoms with Crippen LogP contribution >= 0.6 is 0 Å². The van der Waals surface area contributed by atoms with Crippen molar-refractivity contribution in [2.45, 2.75) is 150 Å². The van der Waals surface area contributed by atoms with Crippen LogP contribution in [-0.4, -0.2) is 33.8 Å². The van der Waals surface area contributed by atoms with E-state index in [1.807, 2.05) is 6.92 Å². The van der Waals surface area contributed by atoms with Gasteiger partial charge in [0, 0.05) is 0 Å². The Morgan fingerprint density at radius 1 is 0.500 bits per heavy atom. The number of hydrogen-bond acceptors (Lipinski definition) is 6. The summed E-state index contributed by atoms with van der Waals surface area (Å²) in [6, 6.07) is 9.78.